The van der Waals surface area contributed by atoms with Crippen LogP contribution in [0.1, 0.15) is 32.6 Å². The zero-order valence-corrected chi connectivity index (χ0v) is 12.6. The van der Waals surface area contributed by atoms with Crippen LogP contribution in [0.3, 0.4) is 0 Å². The van der Waals surface area contributed by atoms with Gasteiger partial charge in [-0.05, 0) is 38.5 Å². The molecule has 1 saturated carbocycles. The summed E-state index contributed by atoms with van der Waals surface area (Å²) in [6.07, 6.45) is 5.71. The second-order valence-corrected chi connectivity index (χ2v) is 5.90. The summed E-state index contributed by atoms with van der Waals surface area (Å²) in [5.74, 6) is 0.684. The molecule has 1 aliphatic carbocycles. The van der Waals surface area contributed by atoms with Crippen LogP contribution in [-0.2, 0) is 18.9 Å². The van der Waals surface area contributed by atoms with E-state index < -0.39 is 0 Å². The van der Waals surface area contributed by atoms with E-state index in [4.69, 9.17) is 18.9 Å². The normalized spacial score (nSPS) is 28.1. The molecule has 0 aromatic rings. The Kier molecular flexibility index (Phi) is 7.00. The van der Waals surface area contributed by atoms with Gasteiger partial charge < -0.3 is 18.9 Å². The largest absolute Gasteiger partial charge is 0.379 e. The summed E-state index contributed by atoms with van der Waals surface area (Å²) >= 11 is 0. The van der Waals surface area contributed by atoms with Gasteiger partial charge in [-0.2, -0.15) is 0 Å². The van der Waals surface area contributed by atoms with Crippen LogP contribution in [0.2, 0.25) is 0 Å². The van der Waals surface area contributed by atoms with Crippen LogP contribution >= 0.6 is 0 Å². The minimum absolute atomic E-state index is 0.546. The Morgan fingerprint density at radius 1 is 1.00 bits per heavy atom. The third-order valence-electron chi connectivity index (χ3n) is 3.88. The molecule has 3 atom stereocenters. The molecule has 1 heterocycles. The van der Waals surface area contributed by atoms with E-state index in [1.807, 2.05) is 6.92 Å². The molecule has 0 amide bonds. The quantitative estimate of drug-likeness (QED) is 0.332. The van der Waals surface area contributed by atoms with Crippen LogP contribution < -0.4 is 0 Å². The van der Waals surface area contributed by atoms with Crippen molar-refractivity contribution in [1.29, 1.82) is 0 Å². The summed E-state index contributed by atoms with van der Waals surface area (Å²) in [5.41, 5.74) is 1.16. The highest BCUT2D eigenvalue weighted by molar-refractivity contribution is 4.91. The zero-order valence-electron chi connectivity index (χ0n) is 12.6. The van der Waals surface area contributed by atoms with Crippen LogP contribution in [0.25, 0.3) is 0 Å². The summed E-state index contributed by atoms with van der Waals surface area (Å²) in [6.45, 7) is 10.1. The van der Waals surface area contributed by atoms with Gasteiger partial charge in [-0.1, -0.05) is 5.57 Å². The second kappa shape index (κ2) is 8.78. The number of rotatable bonds is 11. The summed E-state index contributed by atoms with van der Waals surface area (Å²) in [6, 6.07) is 0. The Morgan fingerprint density at radius 2 is 1.70 bits per heavy atom. The lowest BCUT2D eigenvalue weighted by Gasteiger charge is -2.18. The lowest BCUT2D eigenvalue weighted by Crippen LogP contribution is -2.19. The summed E-state index contributed by atoms with van der Waals surface area (Å²) < 4.78 is 22.1. The van der Waals surface area contributed by atoms with Crippen LogP contribution in [0.15, 0.2) is 12.2 Å². The van der Waals surface area contributed by atoms with E-state index in [0.717, 1.165) is 25.2 Å². The van der Waals surface area contributed by atoms with Gasteiger partial charge in [-0.15, -0.1) is 6.58 Å². The Morgan fingerprint density at radius 3 is 2.40 bits per heavy atom. The number of epoxide rings is 1. The van der Waals surface area contributed by atoms with Crippen LogP contribution in [0.5, 0.6) is 0 Å². The molecule has 0 aromatic carbocycles. The number of ether oxygens (including phenoxy) is 4. The fourth-order valence-electron chi connectivity index (χ4n) is 2.57. The van der Waals surface area contributed by atoms with E-state index in [1.54, 1.807) is 0 Å². The summed E-state index contributed by atoms with van der Waals surface area (Å²) in [7, 11) is 0. The average Bonchev–Trinajstić information content (AvgIpc) is 3.19. The van der Waals surface area contributed by atoms with Crippen molar-refractivity contribution in [3.63, 3.8) is 0 Å². The molecule has 0 radical (unpaired) electrons. The fraction of sp³-hybridized carbons (Fsp3) is 0.875. The predicted octanol–water partition coefficient (Wildman–Crippen LogP) is 2.57. The van der Waals surface area contributed by atoms with E-state index in [1.165, 1.54) is 19.3 Å². The molecule has 4 nitrogen and oxygen atoms in total. The Hall–Kier alpha value is -0.420. The van der Waals surface area contributed by atoms with Gasteiger partial charge in [0.15, 0.2) is 0 Å². The van der Waals surface area contributed by atoms with Crippen molar-refractivity contribution in [2.75, 3.05) is 39.6 Å². The highest BCUT2D eigenvalue weighted by Gasteiger charge is 2.43. The average molecular weight is 284 g/mol. The van der Waals surface area contributed by atoms with Crippen molar-refractivity contribution in [3.8, 4) is 0 Å². The molecule has 0 bridgehead atoms. The van der Waals surface area contributed by atoms with Gasteiger partial charge in [-0.3, -0.25) is 0 Å². The third kappa shape index (κ3) is 6.35. The molecular formula is C16H28O4. The molecule has 0 N–H and O–H groups in total. The van der Waals surface area contributed by atoms with Gasteiger partial charge in [0.2, 0.25) is 0 Å². The molecule has 0 spiro atoms. The molecule has 20 heavy (non-hydrogen) atoms. The van der Waals surface area contributed by atoms with E-state index in [-0.39, 0.29) is 0 Å². The zero-order chi connectivity index (χ0) is 14.2. The van der Waals surface area contributed by atoms with E-state index in [0.29, 0.717) is 44.6 Å². The van der Waals surface area contributed by atoms with E-state index in [2.05, 4.69) is 6.58 Å². The number of hydrogen-bond acceptors (Lipinski definition) is 4. The van der Waals surface area contributed by atoms with Crippen molar-refractivity contribution >= 4 is 0 Å². The standard InChI is InChI=1S/C16H28O4/c1-13(2)5-6-17-7-8-18-9-10-19-12-14-3-4-15-16(11-14)20-15/h14-16H,1,3-12H2,2H3. The van der Waals surface area contributed by atoms with Crippen molar-refractivity contribution in [3.05, 3.63) is 12.2 Å². The highest BCUT2D eigenvalue weighted by atomic mass is 16.6. The Labute approximate surface area is 122 Å². The molecule has 2 aliphatic rings. The van der Waals surface area contributed by atoms with Gasteiger partial charge in [0, 0.05) is 6.61 Å². The van der Waals surface area contributed by atoms with Crippen molar-refractivity contribution < 1.29 is 18.9 Å². The lowest BCUT2D eigenvalue weighted by molar-refractivity contribution is 0.00545. The molecular weight excluding hydrogens is 256 g/mol. The highest BCUT2D eigenvalue weighted by Crippen LogP contribution is 2.39. The maximum absolute atomic E-state index is 5.67. The summed E-state index contributed by atoms with van der Waals surface area (Å²) in [4.78, 5) is 0. The minimum atomic E-state index is 0.546. The van der Waals surface area contributed by atoms with Gasteiger partial charge in [0.1, 0.15) is 0 Å². The maximum atomic E-state index is 5.67. The molecule has 116 valence electrons. The second-order valence-electron chi connectivity index (χ2n) is 5.90. The smallest absolute Gasteiger partial charge is 0.0845 e. The minimum Gasteiger partial charge on any atom is -0.379 e. The third-order valence-corrected chi connectivity index (χ3v) is 3.88. The SMILES string of the molecule is C=C(C)CCOCCOCCOCC1CCC2OC2C1. The van der Waals surface area contributed by atoms with E-state index in [9.17, 15) is 0 Å². The fourth-order valence-corrected chi connectivity index (χ4v) is 2.57. The number of fused-ring (bicyclic) bond motifs is 1. The molecule has 3 unspecified atom stereocenters. The number of hydrogen-bond donors (Lipinski definition) is 0. The van der Waals surface area contributed by atoms with Crippen molar-refractivity contribution in [1.82, 2.24) is 0 Å². The lowest BCUT2D eigenvalue weighted by atomic mass is 9.90. The van der Waals surface area contributed by atoms with Crippen molar-refractivity contribution in [2.24, 2.45) is 5.92 Å². The molecule has 1 aliphatic heterocycles. The van der Waals surface area contributed by atoms with Crippen molar-refractivity contribution in [2.45, 2.75) is 44.8 Å². The van der Waals surface area contributed by atoms with Gasteiger partial charge >= 0.3 is 0 Å². The summed E-state index contributed by atoms with van der Waals surface area (Å²) in [5, 5.41) is 0. The molecule has 4 heteroatoms. The van der Waals surface area contributed by atoms with Crippen LogP contribution in [0.4, 0.5) is 0 Å². The maximum Gasteiger partial charge on any atom is 0.0845 e. The Balaban J connectivity index is 1.31. The van der Waals surface area contributed by atoms with Gasteiger partial charge in [0.25, 0.3) is 0 Å². The molecule has 1 saturated heterocycles. The first-order chi connectivity index (χ1) is 9.75. The molecule has 2 fully saturated rings. The first-order valence-corrected chi connectivity index (χ1v) is 7.79. The van der Waals surface area contributed by atoms with Crippen LogP contribution in [0, 0.1) is 5.92 Å². The first-order valence-electron chi connectivity index (χ1n) is 7.79. The topological polar surface area (TPSA) is 40.2 Å². The Bertz CT molecular complexity index is 292. The van der Waals surface area contributed by atoms with Gasteiger partial charge in [-0.25, -0.2) is 0 Å². The predicted molar refractivity (Wildman–Crippen MR) is 77.9 cm³/mol. The first kappa shape index (κ1) is 16.0. The monoisotopic (exact) mass is 284 g/mol. The van der Waals surface area contributed by atoms with Crippen LogP contribution in [-0.4, -0.2) is 51.8 Å². The molecule has 2 rings (SSSR count). The molecule has 0 aromatic heterocycles. The van der Waals surface area contributed by atoms with E-state index >= 15 is 0 Å². The van der Waals surface area contributed by atoms with Gasteiger partial charge in [0.05, 0.1) is 45.2 Å².